The first-order chi connectivity index (χ1) is 11.9. The van der Waals surface area contributed by atoms with Gasteiger partial charge in [0.15, 0.2) is 6.40 Å². The number of nitrogens with zero attached hydrogens (tertiary/aromatic N) is 1. The second kappa shape index (κ2) is 8.00. The van der Waals surface area contributed by atoms with Crippen molar-refractivity contribution in [2.24, 2.45) is 4.99 Å². The molecule has 2 aliphatic carbocycles. The van der Waals surface area contributed by atoms with Crippen LogP contribution in [-0.4, -0.2) is 24.3 Å². The number of ether oxygens (including phenoxy) is 1. The van der Waals surface area contributed by atoms with Crippen molar-refractivity contribution in [3.63, 3.8) is 0 Å². The summed E-state index contributed by atoms with van der Waals surface area (Å²) in [5, 5.41) is 1.67. The third-order valence-corrected chi connectivity index (χ3v) is 9.65. The van der Waals surface area contributed by atoms with Crippen LogP contribution in [0.5, 0.6) is 0 Å². The fourth-order valence-corrected chi connectivity index (χ4v) is 8.88. The molecule has 1 aliphatic heterocycles. The summed E-state index contributed by atoms with van der Waals surface area (Å²) in [6, 6.07) is 9.46. The van der Waals surface area contributed by atoms with Gasteiger partial charge in [-0.1, -0.05) is 70.7 Å². The Hall–Kier alpha value is -0.880. The Morgan fingerprint density at radius 3 is 2.04 bits per heavy atom. The highest BCUT2D eigenvalue weighted by atomic mass is 31.1. The van der Waals surface area contributed by atoms with Crippen molar-refractivity contribution in [1.29, 1.82) is 0 Å². The summed E-state index contributed by atoms with van der Waals surface area (Å²) in [6.45, 7) is 0.732. The van der Waals surface area contributed by atoms with Crippen molar-refractivity contribution in [2.45, 2.75) is 81.6 Å². The van der Waals surface area contributed by atoms with Crippen molar-refractivity contribution in [3.8, 4) is 0 Å². The van der Waals surface area contributed by atoms with Crippen molar-refractivity contribution < 1.29 is 4.74 Å². The minimum Gasteiger partial charge on any atom is -0.481 e. The van der Waals surface area contributed by atoms with Gasteiger partial charge in [0.05, 0.1) is 0 Å². The number of rotatable bonds is 4. The fraction of sp³-hybridized carbons (Fsp3) is 0.667. The van der Waals surface area contributed by atoms with Crippen LogP contribution in [0.2, 0.25) is 0 Å². The molecule has 1 aromatic rings. The molecule has 0 bridgehead atoms. The van der Waals surface area contributed by atoms with Gasteiger partial charge >= 0.3 is 0 Å². The minimum absolute atomic E-state index is 0.0584. The van der Waals surface area contributed by atoms with E-state index in [-0.39, 0.29) is 14.0 Å². The number of hydrogen-bond acceptors (Lipinski definition) is 2. The van der Waals surface area contributed by atoms with Gasteiger partial charge in [0, 0.05) is 0 Å². The molecule has 2 nitrogen and oxygen atoms in total. The van der Waals surface area contributed by atoms with E-state index in [1.54, 1.807) is 11.7 Å². The summed E-state index contributed by atoms with van der Waals surface area (Å²) in [5.74, 6) is 0. The molecule has 0 amide bonds. The Balaban J connectivity index is 1.68. The Kier molecular flexibility index (Phi) is 5.53. The number of hydrogen-bond donors (Lipinski definition) is 0. The zero-order chi connectivity index (χ0) is 16.2. The molecule has 24 heavy (non-hydrogen) atoms. The zero-order valence-electron chi connectivity index (χ0n) is 14.7. The van der Waals surface area contributed by atoms with Gasteiger partial charge in [-0.3, -0.25) is 0 Å². The topological polar surface area (TPSA) is 21.6 Å². The average molecular weight is 343 g/mol. The van der Waals surface area contributed by atoms with Gasteiger partial charge in [0.2, 0.25) is 0 Å². The first-order valence-electron chi connectivity index (χ1n) is 9.94. The summed E-state index contributed by atoms with van der Waals surface area (Å²) >= 11 is 0. The van der Waals surface area contributed by atoms with E-state index in [1.165, 1.54) is 69.8 Å². The van der Waals surface area contributed by atoms with E-state index in [0.717, 1.165) is 17.9 Å². The molecule has 130 valence electrons. The molecule has 3 aliphatic rings. The maximum Gasteiger partial charge on any atom is 0.170 e. The summed E-state index contributed by atoms with van der Waals surface area (Å²) in [4.78, 5) is 4.60. The Bertz CT molecular complexity index is 543. The number of aliphatic imine (C=N–C) groups is 1. The molecule has 0 aromatic heterocycles. The maximum absolute atomic E-state index is 5.45. The standard InChI is InChI=1S/C21H30NOP/c1-3-9-17(10-4-1)24(18-11-5-2-6-12-18)21-14-8-7-13-19(21)20-15-23-16-22-20/h7-8,13-14,16-18,20H,1-6,9-12,15H2/t20-/m0/s1. The molecule has 0 radical (unpaired) electrons. The highest BCUT2D eigenvalue weighted by Crippen LogP contribution is 2.55. The average Bonchev–Trinajstić information content (AvgIpc) is 3.19. The van der Waals surface area contributed by atoms with Crippen LogP contribution in [0.3, 0.4) is 0 Å². The molecular weight excluding hydrogens is 313 g/mol. The van der Waals surface area contributed by atoms with E-state index in [2.05, 4.69) is 29.3 Å². The molecule has 3 heteroatoms. The van der Waals surface area contributed by atoms with Crippen molar-refractivity contribution in [3.05, 3.63) is 29.8 Å². The fourth-order valence-electron chi connectivity index (χ4n) is 4.88. The quantitative estimate of drug-likeness (QED) is 0.656. The Morgan fingerprint density at radius 2 is 1.46 bits per heavy atom. The highest BCUT2D eigenvalue weighted by molar-refractivity contribution is 7.67. The van der Waals surface area contributed by atoms with Crippen molar-refractivity contribution >= 4 is 19.6 Å². The van der Waals surface area contributed by atoms with Gasteiger partial charge < -0.3 is 4.74 Å². The van der Waals surface area contributed by atoms with E-state index in [9.17, 15) is 0 Å². The van der Waals surface area contributed by atoms with Crippen molar-refractivity contribution in [1.82, 2.24) is 0 Å². The Labute approximate surface area is 147 Å². The molecule has 2 fully saturated rings. The van der Waals surface area contributed by atoms with Crippen LogP contribution in [0.4, 0.5) is 0 Å². The van der Waals surface area contributed by atoms with E-state index < -0.39 is 0 Å². The molecule has 1 aromatic carbocycles. The highest BCUT2D eigenvalue weighted by Gasteiger charge is 2.34. The predicted octanol–water partition coefficient (Wildman–Crippen LogP) is 5.56. The van der Waals surface area contributed by atoms with Crippen LogP contribution in [0.15, 0.2) is 29.3 Å². The van der Waals surface area contributed by atoms with Crippen molar-refractivity contribution in [2.75, 3.05) is 6.61 Å². The summed E-state index contributed by atoms with van der Waals surface area (Å²) in [5.41, 5.74) is 3.36. The zero-order valence-corrected chi connectivity index (χ0v) is 15.6. The Morgan fingerprint density at radius 1 is 0.833 bits per heavy atom. The smallest absolute Gasteiger partial charge is 0.170 e. The van der Waals surface area contributed by atoms with Gasteiger partial charge in [0.25, 0.3) is 0 Å². The van der Waals surface area contributed by atoms with E-state index in [4.69, 9.17) is 4.74 Å². The third-order valence-electron chi connectivity index (χ3n) is 6.08. The van der Waals surface area contributed by atoms with E-state index in [0.29, 0.717) is 0 Å². The molecule has 0 unspecified atom stereocenters. The molecule has 4 rings (SSSR count). The molecule has 0 spiro atoms. The normalized spacial score (nSPS) is 26.0. The van der Waals surface area contributed by atoms with Crippen LogP contribution in [0, 0.1) is 0 Å². The molecular formula is C21H30NOP. The maximum atomic E-state index is 5.45. The van der Waals surface area contributed by atoms with E-state index >= 15 is 0 Å². The third kappa shape index (κ3) is 3.54. The predicted molar refractivity (Wildman–Crippen MR) is 104 cm³/mol. The van der Waals surface area contributed by atoms with Gasteiger partial charge in [-0.05, 0) is 47.9 Å². The SMILES string of the molecule is C1=N[C@H](c2ccccc2P(C2CCCCC2)C2CCCCC2)CO1. The molecule has 0 N–H and O–H groups in total. The van der Waals surface area contributed by atoms with Crippen LogP contribution >= 0.6 is 7.92 Å². The van der Waals surface area contributed by atoms with Gasteiger partial charge in [-0.25, -0.2) is 4.99 Å². The van der Waals surface area contributed by atoms with Crippen LogP contribution in [0.25, 0.3) is 0 Å². The van der Waals surface area contributed by atoms with Gasteiger partial charge in [-0.2, -0.15) is 0 Å². The number of benzene rings is 1. The summed E-state index contributed by atoms with van der Waals surface area (Å²) < 4.78 is 5.45. The monoisotopic (exact) mass is 343 g/mol. The summed E-state index contributed by atoms with van der Waals surface area (Å²) in [7, 11) is -0.0584. The largest absolute Gasteiger partial charge is 0.481 e. The van der Waals surface area contributed by atoms with E-state index in [1.807, 2.05) is 0 Å². The van der Waals surface area contributed by atoms with Gasteiger partial charge in [-0.15, -0.1) is 0 Å². The second-order valence-corrected chi connectivity index (χ2v) is 10.4. The van der Waals surface area contributed by atoms with Crippen LogP contribution in [-0.2, 0) is 4.74 Å². The molecule has 2 saturated carbocycles. The minimum atomic E-state index is -0.0584. The molecule has 0 saturated heterocycles. The molecule has 1 heterocycles. The lowest BCUT2D eigenvalue weighted by molar-refractivity contribution is 0.331. The van der Waals surface area contributed by atoms with Crippen LogP contribution in [0.1, 0.15) is 75.8 Å². The lowest BCUT2D eigenvalue weighted by Crippen LogP contribution is -2.28. The lowest BCUT2D eigenvalue weighted by Gasteiger charge is -2.40. The second-order valence-electron chi connectivity index (χ2n) is 7.65. The first kappa shape index (κ1) is 16.6. The first-order valence-corrected chi connectivity index (χ1v) is 11.4. The summed E-state index contributed by atoms with van der Waals surface area (Å²) in [6.07, 6.45) is 16.2. The van der Waals surface area contributed by atoms with Gasteiger partial charge in [0.1, 0.15) is 12.6 Å². The molecule has 1 atom stereocenters. The van der Waals surface area contributed by atoms with Crippen LogP contribution < -0.4 is 5.30 Å². The lowest BCUT2D eigenvalue weighted by atomic mass is 9.99.